The molecule has 2 rings (SSSR count). The summed E-state index contributed by atoms with van der Waals surface area (Å²) in [5.74, 6) is 0.622. The Morgan fingerprint density at radius 3 is 2.17 bits per heavy atom. The Morgan fingerprint density at radius 1 is 1.00 bits per heavy atom. The van der Waals surface area contributed by atoms with Gasteiger partial charge in [0, 0.05) is 5.69 Å². The van der Waals surface area contributed by atoms with Gasteiger partial charge >= 0.3 is 0 Å². The standard InChI is InChI=1S/C18H20FNO3/c1-18(2,12-5-10-15(22-3)16(11-12)23-4)17(21)20-14-8-6-13(19)7-9-14/h5-11H,1-4H3,(H,20,21). The molecule has 2 aromatic rings. The molecule has 0 aliphatic rings. The van der Waals surface area contributed by atoms with E-state index in [1.807, 2.05) is 19.9 Å². The smallest absolute Gasteiger partial charge is 0.234 e. The highest BCUT2D eigenvalue weighted by Gasteiger charge is 2.30. The van der Waals surface area contributed by atoms with E-state index in [0.29, 0.717) is 17.2 Å². The van der Waals surface area contributed by atoms with Crippen molar-refractivity contribution in [2.24, 2.45) is 0 Å². The van der Waals surface area contributed by atoms with E-state index in [1.165, 1.54) is 24.3 Å². The van der Waals surface area contributed by atoms with Crippen LogP contribution in [0.1, 0.15) is 19.4 Å². The summed E-state index contributed by atoms with van der Waals surface area (Å²) in [7, 11) is 3.11. The summed E-state index contributed by atoms with van der Waals surface area (Å²) >= 11 is 0. The zero-order valence-corrected chi connectivity index (χ0v) is 13.6. The lowest BCUT2D eigenvalue weighted by Crippen LogP contribution is -2.34. The van der Waals surface area contributed by atoms with Crippen molar-refractivity contribution in [3.63, 3.8) is 0 Å². The van der Waals surface area contributed by atoms with Crippen LogP contribution in [0.15, 0.2) is 42.5 Å². The number of anilines is 1. The average Bonchev–Trinajstić information content (AvgIpc) is 2.56. The SMILES string of the molecule is COc1ccc(C(C)(C)C(=O)Nc2ccc(F)cc2)cc1OC. The number of ether oxygens (including phenoxy) is 2. The molecule has 0 saturated heterocycles. The zero-order valence-electron chi connectivity index (χ0n) is 13.6. The Balaban J connectivity index is 2.26. The Hall–Kier alpha value is -2.56. The molecule has 0 bridgehead atoms. The van der Waals surface area contributed by atoms with Crippen molar-refractivity contribution in [2.45, 2.75) is 19.3 Å². The van der Waals surface area contributed by atoms with Gasteiger partial charge in [-0.05, 0) is 55.8 Å². The molecule has 0 atom stereocenters. The van der Waals surface area contributed by atoms with E-state index in [2.05, 4.69) is 5.32 Å². The third-order valence-corrected chi connectivity index (χ3v) is 3.77. The zero-order chi connectivity index (χ0) is 17.0. The molecule has 4 nitrogen and oxygen atoms in total. The van der Waals surface area contributed by atoms with E-state index >= 15 is 0 Å². The van der Waals surface area contributed by atoms with Gasteiger partial charge in [0.25, 0.3) is 0 Å². The van der Waals surface area contributed by atoms with Crippen LogP contribution in [0, 0.1) is 5.82 Å². The second kappa shape index (κ2) is 6.69. The maximum atomic E-state index is 12.9. The molecule has 0 aliphatic heterocycles. The van der Waals surface area contributed by atoms with Gasteiger partial charge < -0.3 is 14.8 Å². The molecule has 0 aromatic heterocycles. The van der Waals surface area contributed by atoms with Crippen molar-refractivity contribution in [3.8, 4) is 11.5 Å². The number of methoxy groups -OCH3 is 2. The first-order valence-corrected chi connectivity index (χ1v) is 7.18. The maximum Gasteiger partial charge on any atom is 0.234 e. The molecular weight excluding hydrogens is 297 g/mol. The minimum absolute atomic E-state index is 0.198. The van der Waals surface area contributed by atoms with E-state index < -0.39 is 5.41 Å². The van der Waals surface area contributed by atoms with Crippen LogP contribution in [0.25, 0.3) is 0 Å². The summed E-state index contributed by atoms with van der Waals surface area (Å²) < 4.78 is 23.4. The van der Waals surface area contributed by atoms with Crippen LogP contribution in [0.3, 0.4) is 0 Å². The van der Waals surface area contributed by atoms with Crippen LogP contribution in [-0.2, 0) is 10.2 Å². The van der Waals surface area contributed by atoms with Crippen molar-refractivity contribution in [1.82, 2.24) is 0 Å². The highest BCUT2D eigenvalue weighted by molar-refractivity contribution is 5.98. The number of carbonyl (C=O) groups excluding carboxylic acids is 1. The first kappa shape index (κ1) is 16.8. The Kier molecular flexibility index (Phi) is 4.89. The molecule has 0 unspecified atom stereocenters. The van der Waals surface area contributed by atoms with E-state index in [4.69, 9.17) is 9.47 Å². The average molecular weight is 317 g/mol. The van der Waals surface area contributed by atoms with E-state index in [0.717, 1.165) is 5.56 Å². The number of hydrogen-bond acceptors (Lipinski definition) is 3. The number of amides is 1. The largest absolute Gasteiger partial charge is 0.493 e. The van der Waals surface area contributed by atoms with E-state index in [-0.39, 0.29) is 11.7 Å². The van der Waals surface area contributed by atoms with Crippen molar-refractivity contribution in [2.75, 3.05) is 19.5 Å². The highest BCUT2D eigenvalue weighted by Crippen LogP contribution is 2.33. The summed E-state index contributed by atoms with van der Waals surface area (Å²) in [6.07, 6.45) is 0. The minimum atomic E-state index is -0.798. The van der Waals surface area contributed by atoms with Crippen LogP contribution in [0.5, 0.6) is 11.5 Å². The molecule has 0 radical (unpaired) electrons. The number of nitrogens with one attached hydrogen (secondary N) is 1. The summed E-state index contributed by atoms with van der Waals surface area (Å²) in [4.78, 5) is 12.6. The molecule has 0 aliphatic carbocycles. The van der Waals surface area contributed by atoms with Gasteiger partial charge in [0.1, 0.15) is 5.82 Å². The van der Waals surface area contributed by atoms with Crippen molar-refractivity contribution in [1.29, 1.82) is 0 Å². The topological polar surface area (TPSA) is 47.6 Å². The van der Waals surface area contributed by atoms with Gasteiger partial charge in [-0.1, -0.05) is 6.07 Å². The fourth-order valence-electron chi connectivity index (χ4n) is 2.18. The van der Waals surface area contributed by atoms with Gasteiger partial charge in [0.15, 0.2) is 11.5 Å². The van der Waals surface area contributed by atoms with Gasteiger partial charge in [0.2, 0.25) is 5.91 Å². The Morgan fingerprint density at radius 2 is 1.61 bits per heavy atom. The molecule has 2 aromatic carbocycles. The highest BCUT2D eigenvalue weighted by atomic mass is 19.1. The Labute approximate surface area is 135 Å². The molecule has 0 spiro atoms. The number of halogens is 1. The maximum absolute atomic E-state index is 12.9. The molecular formula is C18H20FNO3. The molecule has 1 amide bonds. The van der Waals surface area contributed by atoms with Gasteiger partial charge in [-0.15, -0.1) is 0 Å². The minimum Gasteiger partial charge on any atom is -0.493 e. The lowest BCUT2D eigenvalue weighted by atomic mass is 9.83. The number of hydrogen-bond donors (Lipinski definition) is 1. The van der Waals surface area contributed by atoms with Crippen LogP contribution in [0.2, 0.25) is 0 Å². The first-order chi connectivity index (χ1) is 10.9. The molecule has 122 valence electrons. The third-order valence-electron chi connectivity index (χ3n) is 3.77. The number of rotatable bonds is 5. The molecule has 5 heteroatoms. The molecule has 1 N–H and O–H groups in total. The van der Waals surface area contributed by atoms with Gasteiger partial charge in [-0.25, -0.2) is 4.39 Å². The summed E-state index contributed by atoms with van der Waals surface area (Å²) in [5, 5.41) is 2.80. The molecule has 23 heavy (non-hydrogen) atoms. The second-order valence-electron chi connectivity index (χ2n) is 5.66. The molecule has 0 fully saturated rings. The quantitative estimate of drug-likeness (QED) is 0.913. The molecule has 0 saturated carbocycles. The van der Waals surface area contributed by atoms with Gasteiger partial charge in [0.05, 0.1) is 19.6 Å². The number of benzene rings is 2. The number of carbonyl (C=O) groups is 1. The van der Waals surface area contributed by atoms with Crippen molar-refractivity contribution in [3.05, 3.63) is 53.8 Å². The second-order valence-corrected chi connectivity index (χ2v) is 5.66. The fraction of sp³-hybridized carbons (Fsp3) is 0.278. The fourth-order valence-corrected chi connectivity index (χ4v) is 2.18. The van der Waals surface area contributed by atoms with Crippen molar-refractivity contribution >= 4 is 11.6 Å². The van der Waals surface area contributed by atoms with Gasteiger partial charge in [-0.2, -0.15) is 0 Å². The van der Waals surface area contributed by atoms with Crippen LogP contribution in [-0.4, -0.2) is 20.1 Å². The Bertz CT molecular complexity index is 696. The van der Waals surface area contributed by atoms with E-state index in [9.17, 15) is 9.18 Å². The summed E-state index contributed by atoms with van der Waals surface area (Å²) in [6.45, 7) is 3.63. The third kappa shape index (κ3) is 3.62. The van der Waals surface area contributed by atoms with Gasteiger partial charge in [-0.3, -0.25) is 4.79 Å². The molecule has 0 heterocycles. The monoisotopic (exact) mass is 317 g/mol. The van der Waals surface area contributed by atoms with Crippen LogP contribution in [0.4, 0.5) is 10.1 Å². The lowest BCUT2D eigenvalue weighted by molar-refractivity contribution is -0.120. The lowest BCUT2D eigenvalue weighted by Gasteiger charge is -2.25. The van der Waals surface area contributed by atoms with Crippen LogP contribution < -0.4 is 14.8 Å². The summed E-state index contributed by atoms with van der Waals surface area (Å²) in [6, 6.07) is 11.0. The predicted octanol–water partition coefficient (Wildman–Crippen LogP) is 3.76. The summed E-state index contributed by atoms with van der Waals surface area (Å²) in [5.41, 5.74) is 0.535. The van der Waals surface area contributed by atoms with Crippen LogP contribution >= 0.6 is 0 Å². The normalized spacial score (nSPS) is 11.0. The predicted molar refractivity (Wildman–Crippen MR) is 87.6 cm³/mol. The van der Waals surface area contributed by atoms with Crippen molar-refractivity contribution < 1.29 is 18.7 Å². The first-order valence-electron chi connectivity index (χ1n) is 7.18. The van der Waals surface area contributed by atoms with E-state index in [1.54, 1.807) is 26.4 Å².